The Balaban J connectivity index is 2.28. The molecule has 8 heteroatoms. The Bertz CT molecular complexity index is 623. The van der Waals surface area contributed by atoms with Crippen LogP contribution in [0.25, 0.3) is 0 Å². The van der Waals surface area contributed by atoms with Crippen LogP contribution in [0, 0.1) is 0 Å². The number of rotatable bonds is 5. The Hall–Kier alpha value is -1.25. The Kier molecular flexibility index (Phi) is 5.13. The zero-order valence-corrected chi connectivity index (χ0v) is 13.2. The van der Waals surface area contributed by atoms with Crippen molar-refractivity contribution in [3.8, 4) is 5.75 Å². The summed E-state index contributed by atoms with van der Waals surface area (Å²) in [6.45, 7) is 0. The second kappa shape index (κ2) is 6.67. The predicted octanol–water partition coefficient (Wildman–Crippen LogP) is 1.57. The molecule has 1 aliphatic rings. The molecule has 0 unspecified atom stereocenters. The number of sulfonamides is 1. The molecule has 1 aromatic rings. The molecule has 1 fully saturated rings. The van der Waals surface area contributed by atoms with E-state index in [1.807, 2.05) is 11.8 Å². The molecule has 0 radical (unpaired) electrons. The van der Waals surface area contributed by atoms with Crippen LogP contribution in [-0.2, 0) is 10.0 Å². The highest BCUT2D eigenvalue weighted by molar-refractivity contribution is 7.99. The zero-order chi connectivity index (χ0) is 15.5. The molecule has 1 aliphatic heterocycles. The summed E-state index contributed by atoms with van der Waals surface area (Å²) in [5.41, 5.74) is -0.0140. The molecular weight excluding hydrogens is 314 g/mol. The van der Waals surface area contributed by atoms with Crippen molar-refractivity contribution in [3.63, 3.8) is 0 Å². The Morgan fingerprint density at radius 2 is 2.05 bits per heavy atom. The van der Waals surface area contributed by atoms with Gasteiger partial charge in [0, 0.05) is 6.04 Å². The maximum atomic E-state index is 12.4. The van der Waals surface area contributed by atoms with Crippen molar-refractivity contribution in [3.05, 3.63) is 23.8 Å². The van der Waals surface area contributed by atoms with Gasteiger partial charge in [-0.15, -0.1) is 0 Å². The number of carboxylic acids is 1. The van der Waals surface area contributed by atoms with Gasteiger partial charge >= 0.3 is 5.97 Å². The van der Waals surface area contributed by atoms with Crippen molar-refractivity contribution in [1.82, 2.24) is 4.72 Å². The maximum Gasteiger partial charge on any atom is 0.335 e. The van der Waals surface area contributed by atoms with Crippen LogP contribution < -0.4 is 9.46 Å². The van der Waals surface area contributed by atoms with E-state index in [1.165, 1.54) is 25.3 Å². The lowest BCUT2D eigenvalue weighted by atomic mass is 10.2. The minimum absolute atomic E-state index is 0.0140. The summed E-state index contributed by atoms with van der Waals surface area (Å²) in [5.74, 6) is 0.770. The minimum atomic E-state index is -3.72. The summed E-state index contributed by atoms with van der Waals surface area (Å²) < 4.78 is 32.5. The SMILES string of the molecule is COc1cc(C(=O)O)ccc1S(=O)(=O)NC1CCSCC1. The summed E-state index contributed by atoms with van der Waals surface area (Å²) >= 11 is 1.81. The van der Waals surface area contributed by atoms with Crippen LogP contribution in [0.2, 0.25) is 0 Å². The lowest BCUT2D eigenvalue weighted by Gasteiger charge is -2.22. The molecular formula is C13H17NO5S2. The highest BCUT2D eigenvalue weighted by Crippen LogP contribution is 2.26. The van der Waals surface area contributed by atoms with Crippen LogP contribution in [0.4, 0.5) is 0 Å². The second-order valence-corrected chi connectivity index (χ2v) is 7.59. The predicted molar refractivity (Wildman–Crippen MR) is 80.6 cm³/mol. The van der Waals surface area contributed by atoms with Gasteiger partial charge in [-0.25, -0.2) is 17.9 Å². The van der Waals surface area contributed by atoms with E-state index in [2.05, 4.69) is 4.72 Å². The first-order chi connectivity index (χ1) is 9.94. The molecule has 1 saturated heterocycles. The second-order valence-electron chi connectivity index (χ2n) is 4.68. The number of thioether (sulfide) groups is 1. The van der Waals surface area contributed by atoms with Crippen LogP contribution >= 0.6 is 11.8 Å². The molecule has 0 amide bonds. The zero-order valence-electron chi connectivity index (χ0n) is 11.5. The van der Waals surface area contributed by atoms with E-state index in [0.717, 1.165) is 24.3 Å². The van der Waals surface area contributed by atoms with E-state index in [1.54, 1.807) is 0 Å². The third-order valence-electron chi connectivity index (χ3n) is 3.24. The van der Waals surface area contributed by atoms with Crippen LogP contribution in [-0.4, -0.2) is 44.2 Å². The summed E-state index contributed by atoms with van der Waals surface area (Å²) in [4.78, 5) is 10.9. The highest BCUT2D eigenvalue weighted by atomic mass is 32.2. The fourth-order valence-corrected chi connectivity index (χ4v) is 4.68. The van der Waals surface area contributed by atoms with Crippen LogP contribution in [0.5, 0.6) is 5.75 Å². The molecule has 6 nitrogen and oxygen atoms in total. The van der Waals surface area contributed by atoms with Crippen LogP contribution in [0.1, 0.15) is 23.2 Å². The average molecular weight is 331 g/mol. The van der Waals surface area contributed by atoms with Crippen molar-refractivity contribution >= 4 is 27.8 Å². The highest BCUT2D eigenvalue weighted by Gasteiger charge is 2.25. The van der Waals surface area contributed by atoms with Gasteiger partial charge in [0.05, 0.1) is 12.7 Å². The Labute approximate surface area is 127 Å². The molecule has 0 saturated carbocycles. The molecule has 0 aromatic heterocycles. The van der Waals surface area contributed by atoms with Crippen molar-refractivity contribution in [2.75, 3.05) is 18.6 Å². The number of carboxylic acid groups (broad SMARTS) is 1. The molecule has 2 N–H and O–H groups in total. The van der Waals surface area contributed by atoms with E-state index in [9.17, 15) is 13.2 Å². The number of nitrogens with one attached hydrogen (secondary N) is 1. The van der Waals surface area contributed by atoms with Gasteiger partial charge in [0.2, 0.25) is 10.0 Å². The van der Waals surface area contributed by atoms with Crippen molar-refractivity contribution in [2.45, 2.75) is 23.8 Å². The normalized spacial score (nSPS) is 16.6. The number of carbonyl (C=O) groups is 1. The monoisotopic (exact) mass is 331 g/mol. The van der Waals surface area contributed by atoms with Gasteiger partial charge < -0.3 is 9.84 Å². The molecule has 0 aliphatic carbocycles. The van der Waals surface area contributed by atoms with E-state index >= 15 is 0 Å². The quantitative estimate of drug-likeness (QED) is 0.851. The van der Waals surface area contributed by atoms with Crippen molar-refractivity contribution < 1.29 is 23.1 Å². The summed E-state index contributed by atoms with van der Waals surface area (Å²) in [6, 6.07) is 3.66. The first-order valence-electron chi connectivity index (χ1n) is 6.45. The molecule has 1 heterocycles. The summed E-state index contributed by atoms with van der Waals surface area (Å²) in [7, 11) is -2.41. The Morgan fingerprint density at radius 3 is 2.62 bits per heavy atom. The molecule has 0 spiro atoms. The average Bonchev–Trinajstić information content (AvgIpc) is 2.47. The fraction of sp³-hybridized carbons (Fsp3) is 0.462. The molecule has 0 atom stereocenters. The Morgan fingerprint density at radius 1 is 1.38 bits per heavy atom. The van der Waals surface area contributed by atoms with Crippen molar-refractivity contribution in [1.29, 1.82) is 0 Å². The van der Waals surface area contributed by atoms with Gasteiger partial charge in [-0.3, -0.25) is 0 Å². The first-order valence-corrected chi connectivity index (χ1v) is 9.09. The van der Waals surface area contributed by atoms with Crippen LogP contribution in [0.3, 0.4) is 0 Å². The van der Waals surface area contributed by atoms with E-state index in [-0.39, 0.29) is 22.3 Å². The maximum absolute atomic E-state index is 12.4. The van der Waals surface area contributed by atoms with Gasteiger partial charge in [0.25, 0.3) is 0 Å². The number of aromatic carboxylic acids is 1. The largest absolute Gasteiger partial charge is 0.495 e. The fourth-order valence-electron chi connectivity index (χ4n) is 2.12. The lowest BCUT2D eigenvalue weighted by molar-refractivity contribution is 0.0696. The molecule has 2 rings (SSSR count). The smallest absolute Gasteiger partial charge is 0.335 e. The third-order valence-corrected chi connectivity index (χ3v) is 5.85. The van der Waals surface area contributed by atoms with Crippen LogP contribution in [0.15, 0.2) is 23.1 Å². The van der Waals surface area contributed by atoms with Gasteiger partial charge in [0.15, 0.2) is 0 Å². The van der Waals surface area contributed by atoms with Gasteiger partial charge in [-0.2, -0.15) is 11.8 Å². The van der Waals surface area contributed by atoms with Gasteiger partial charge in [0.1, 0.15) is 10.6 Å². The third kappa shape index (κ3) is 3.90. The summed E-state index contributed by atoms with van der Waals surface area (Å²) in [6.07, 6.45) is 1.58. The number of ether oxygens (including phenoxy) is 1. The number of methoxy groups -OCH3 is 1. The summed E-state index contributed by atoms with van der Waals surface area (Å²) in [5, 5.41) is 8.94. The minimum Gasteiger partial charge on any atom is -0.495 e. The van der Waals surface area contributed by atoms with Gasteiger partial charge in [-0.1, -0.05) is 0 Å². The van der Waals surface area contributed by atoms with E-state index in [0.29, 0.717) is 0 Å². The number of hydrogen-bond acceptors (Lipinski definition) is 5. The molecule has 116 valence electrons. The van der Waals surface area contributed by atoms with E-state index in [4.69, 9.17) is 9.84 Å². The number of hydrogen-bond donors (Lipinski definition) is 2. The molecule has 1 aromatic carbocycles. The lowest BCUT2D eigenvalue weighted by Crippen LogP contribution is -2.37. The number of benzene rings is 1. The molecule has 21 heavy (non-hydrogen) atoms. The first kappa shape index (κ1) is 16.1. The van der Waals surface area contributed by atoms with E-state index < -0.39 is 16.0 Å². The topological polar surface area (TPSA) is 92.7 Å². The molecule has 0 bridgehead atoms. The van der Waals surface area contributed by atoms with Gasteiger partial charge in [-0.05, 0) is 42.5 Å². The standard InChI is InChI=1S/C13H17NO5S2/c1-19-11-8-9(13(15)16)2-3-12(11)21(17,18)14-10-4-6-20-7-5-10/h2-3,8,10,14H,4-7H2,1H3,(H,15,16). The van der Waals surface area contributed by atoms with Crippen molar-refractivity contribution in [2.24, 2.45) is 0 Å².